The largest absolute Gasteiger partial charge is 0.394 e. The molecule has 3 atom stereocenters. The number of unbranched alkanes of at least 4 members (excludes halogenated alkanes) is 26. The van der Waals surface area contributed by atoms with Gasteiger partial charge < -0.3 is 20.6 Å². The molecule has 0 aliphatic carbocycles. The van der Waals surface area contributed by atoms with E-state index in [0.717, 1.165) is 32.1 Å². The molecule has 0 spiro atoms. The lowest BCUT2D eigenvalue weighted by molar-refractivity contribution is -0.131. The number of amides is 1. The average molecular weight is 610 g/mol. The molecule has 0 aliphatic heterocycles. The van der Waals surface area contributed by atoms with E-state index in [9.17, 15) is 20.1 Å². The smallest absolute Gasteiger partial charge is 0.249 e. The molecular weight excluding hydrogens is 534 g/mol. The van der Waals surface area contributed by atoms with Gasteiger partial charge in [0.1, 0.15) is 6.10 Å². The summed E-state index contributed by atoms with van der Waals surface area (Å²) in [5, 5.41) is 32.9. The van der Waals surface area contributed by atoms with Crippen LogP contribution < -0.4 is 5.32 Å². The number of aliphatic hydroxyl groups is 3. The third-order valence-electron chi connectivity index (χ3n) is 8.88. The van der Waals surface area contributed by atoms with Crippen molar-refractivity contribution in [3.8, 4) is 0 Å². The third kappa shape index (κ3) is 29.6. The van der Waals surface area contributed by atoms with E-state index in [-0.39, 0.29) is 6.61 Å². The van der Waals surface area contributed by atoms with Crippen LogP contribution in [0.4, 0.5) is 0 Å². The summed E-state index contributed by atoms with van der Waals surface area (Å²) in [5.74, 6) is -0.503. The highest BCUT2D eigenvalue weighted by molar-refractivity contribution is 5.80. The van der Waals surface area contributed by atoms with E-state index >= 15 is 0 Å². The first-order chi connectivity index (χ1) is 21.1. The van der Waals surface area contributed by atoms with Crippen LogP contribution in [0.3, 0.4) is 0 Å². The molecule has 3 unspecified atom stereocenters. The van der Waals surface area contributed by atoms with E-state index in [2.05, 4.69) is 19.2 Å². The first-order valence-electron chi connectivity index (χ1n) is 19.0. The summed E-state index contributed by atoms with van der Waals surface area (Å²) in [7, 11) is 0. The van der Waals surface area contributed by atoms with Gasteiger partial charge in [-0.1, -0.05) is 193 Å². The van der Waals surface area contributed by atoms with Crippen LogP contribution in [0.25, 0.3) is 0 Å². The second kappa shape index (κ2) is 34.0. The van der Waals surface area contributed by atoms with Gasteiger partial charge in [0.2, 0.25) is 5.91 Å². The van der Waals surface area contributed by atoms with Crippen molar-refractivity contribution in [1.29, 1.82) is 0 Å². The van der Waals surface area contributed by atoms with Gasteiger partial charge in [-0.05, 0) is 19.3 Å². The van der Waals surface area contributed by atoms with Gasteiger partial charge in [-0.3, -0.25) is 4.79 Å². The summed E-state index contributed by atoms with van der Waals surface area (Å²) in [5.41, 5.74) is 0. The molecule has 43 heavy (non-hydrogen) atoms. The second-order valence-corrected chi connectivity index (χ2v) is 13.1. The van der Waals surface area contributed by atoms with E-state index < -0.39 is 24.2 Å². The number of carbonyl (C=O) groups is 1. The first-order valence-corrected chi connectivity index (χ1v) is 19.0. The van der Waals surface area contributed by atoms with Crippen molar-refractivity contribution in [2.24, 2.45) is 0 Å². The number of rotatable bonds is 34. The van der Waals surface area contributed by atoms with Crippen LogP contribution in [0, 0.1) is 0 Å². The van der Waals surface area contributed by atoms with E-state index in [1.54, 1.807) is 6.08 Å². The highest BCUT2D eigenvalue weighted by Crippen LogP contribution is 2.15. The van der Waals surface area contributed by atoms with Crippen LogP contribution in [0.1, 0.15) is 200 Å². The summed E-state index contributed by atoms with van der Waals surface area (Å²) in [6, 6.07) is -0.790. The van der Waals surface area contributed by atoms with Gasteiger partial charge >= 0.3 is 0 Å². The zero-order valence-corrected chi connectivity index (χ0v) is 28.8. The van der Waals surface area contributed by atoms with Crippen molar-refractivity contribution < 1.29 is 20.1 Å². The molecule has 0 fully saturated rings. The van der Waals surface area contributed by atoms with Crippen LogP contribution >= 0.6 is 0 Å². The highest BCUT2D eigenvalue weighted by atomic mass is 16.3. The zero-order chi connectivity index (χ0) is 31.6. The quantitative estimate of drug-likeness (QED) is 0.0432. The summed E-state index contributed by atoms with van der Waals surface area (Å²) >= 11 is 0. The van der Waals surface area contributed by atoms with E-state index in [4.69, 9.17) is 0 Å². The number of hydrogen-bond acceptors (Lipinski definition) is 4. The van der Waals surface area contributed by atoms with Gasteiger partial charge in [-0.2, -0.15) is 0 Å². The average Bonchev–Trinajstić information content (AvgIpc) is 3.01. The lowest BCUT2D eigenvalue weighted by Crippen LogP contribution is -2.48. The molecule has 1 amide bonds. The topological polar surface area (TPSA) is 89.8 Å². The molecule has 5 heteroatoms. The number of carbonyl (C=O) groups excluding carboxylic acids is 1. The van der Waals surface area contributed by atoms with Crippen molar-refractivity contribution >= 4 is 5.91 Å². The second-order valence-electron chi connectivity index (χ2n) is 13.1. The Kier molecular flexibility index (Phi) is 33.3. The molecule has 0 rings (SSSR count). The van der Waals surface area contributed by atoms with Crippen molar-refractivity contribution in [2.45, 2.75) is 218 Å². The molecule has 4 N–H and O–H groups in total. The van der Waals surface area contributed by atoms with Gasteiger partial charge in [0.15, 0.2) is 0 Å². The van der Waals surface area contributed by atoms with Crippen LogP contribution in [0.5, 0.6) is 0 Å². The highest BCUT2D eigenvalue weighted by Gasteiger charge is 2.22. The van der Waals surface area contributed by atoms with Gasteiger partial charge in [0.25, 0.3) is 0 Å². The maximum absolute atomic E-state index is 12.4. The Morgan fingerprint density at radius 2 is 0.907 bits per heavy atom. The molecule has 0 bridgehead atoms. The standard InChI is InChI=1S/C38H75NO4/c1-3-5-7-9-11-13-15-16-17-18-19-20-21-22-23-25-27-29-31-33-37(42)38(43)39-35(34-40)36(41)32-30-28-26-24-14-12-10-8-6-4-2/h30,32,35-37,40-42H,3-29,31,33-34H2,1-2H3,(H,39,43)/b32-30+. The van der Waals surface area contributed by atoms with Crippen LogP contribution in [0.15, 0.2) is 12.2 Å². The minimum Gasteiger partial charge on any atom is -0.394 e. The Labute approximate surface area is 268 Å². The van der Waals surface area contributed by atoms with Crippen molar-refractivity contribution in [3.05, 3.63) is 12.2 Å². The summed E-state index contributed by atoms with van der Waals surface area (Å²) in [4.78, 5) is 12.4. The van der Waals surface area contributed by atoms with E-state index in [1.165, 1.54) is 148 Å². The number of aliphatic hydroxyl groups excluding tert-OH is 3. The molecule has 5 nitrogen and oxygen atoms in total. The van der Waals surface area contributed by atoms with Crippen LogP contribution in [0.2, 0.25) is 0 Å². The SMILES string of the molecule is CCCCCCCCCC/C=C/C(O)C(CO)NC(=O)C(O)CCCCCCCCCCCCCCCCCCCCC. The lowest BCUT2D eigenvalue weighted by Gasteiger charge is -2.21. The molecule has 0 aromatic carbocycles. The van der Waals surface area contributed by atoms with Gasteiger partial charge in [-0.25, -0.2) is 0 Å². The van der Waals surface area contributed by atoms with Gasteiger partial charge in [0, 0.05) is 0 Å². The summed E-state index contributed by atoms with van der Waals surface area (Å²) in [6.45, 7) is 4.16. The molecule has 0 radical (unpaired) electrons. The van der Waals surface area contributed by atoms with Crippen molar-refractivity contribution in [3.63, 3.8) is 0 Å². The Bertz CT molecular complexity index is 596. The third-order valence-corrected chi connectivity index (χ3v) is 8.88. The Morgan fingerprint density at radius 3 is 1.28 bits per heavy atom. The Balaban J connectivity index is 3.65. The molecule has 0 aliphatic rings. The van der Waals surface area contributed by atoms with Crippen molar-refractivity contribution in [2.75, 3.05) is 6.61 Å². The fraction of sp³-hybridized carbons (Fsp3) is 0.921. The molecule has 0 aromatic heterocycles. The predicted molar refractivity (Wildman–Crippen MR) is 185 cm³/mol. The molecule has 256 valence electrons. The maximum atomic E-state index is 12.4. The Morgan fingerprint density at radius 1 is 0.558 bits per heavy atom. The van der Waals surface area contributed by atoms with Crippen molar-refractivity contribution in [1.82, 2.24) is 5.32 Å². The zero-order valence-electron chi connectivity index (χ0n) is 28.8. The van der Waals surface area contributed by atoms with E-state index in [1.807, 2.05) is 6.08 Å². The van der Waals surface area contributed by atoms with Gasteiger partial charge in [-0.15, -0.1) is 0 Å². The van der Waals surface area contributed by atoms with Crippen LogP contribution in [-0.4, -0.2) is 46.1 Å². The molecular formula is C38H75NO4. The molecule has 0 heterocycles. The lowest BCUT2D eigenvalue weighted by atomic mass is 10.0. The minimum absolute atomic E-state index is 0.360. The Hall–Kier alpha value is -0.910. The summed E-state index contributed by atoms with van der Waals surface area (Å²) < 4.78 is 0. The van der Waals surface area contributed by atoms with Gasteiger partial charge in [0.05, 0.1) is 18.8 Å². The monoisotopic (exact) mass is 610 g/mol. The normalized spacial score (nSPS) is 13.9. The fourth-order valence-electron chi connectivity index (χ4n) is 5.83. The molecule has 0 aromatic rings. The number of nitrogens with one attached hydrogen (secondary N) is 1. The summed E-state index contributed by atoms with van der Waals surface area (Å²) in [6.07, 6.45) is 38.0. The fourth-order valence-corrected chi connectivity index (χ4v) is 5.83. The first kappa shape index (κ1) is 42.1. The molecule has 0 saturated heterocycles. The molecule has 0 saturated carbocycles. The van der Waals surface area contributed by atoms with Crippen LogP contribution in [-0.2, 0) is 4.79 Å². The maximum Gasteiger partial charge on any atom is 0.249 e. The minimum atomic E-state index is -1.09. The predicted octanol–water partition coefficient (Wildman–Crippen LogP) is 10.1. The number of hydrogen-bond donors (Lipinski definition) is 4. The number of allylic oxidation sites excluding steroid dienone is 1. The van der Waals surface area contributed by atoms with E-state index in [0.29, 0.717) is 6.42 Å².